The zero-order chi connectivity index (χ0) is 14.5. The van der Waals surface area contributed by atoms with Gasteiger partial charge in [0, 0.05) is 21.9 Å². The van der Waals surface area contributed by atoms with Gasteiger partial charge in [0.05, 0.1) is 0 Å². The molecule has 3 rings (SSSR count). The van der Waals surface area contributed by atoms with Crippen LogP contribution < -0.4 is 0 Å². The summed E-state index contributed by atoms with van der Waals surface area (Å²) < 4.78 is 5.63. The molecule has 1 N–H and O–H groups in total. The van der Waals surface area contributed by atoms with Crippen LogP contribution in [0.3, 0.4) is 0 Å². The van der Waals surface area contributed by atoms with Gasteiger partial charge in [0.2, 0.25) is 0 Å². The largest absolute Gasteiger partial charge is 0.444 e. The van der Waals surface area contributed by atoms with Gasteiger partial charge in [0.25, 0.3) is 0 Å². The number of hydrogen-bond donors (Lipinski definition) is 1. The number of rotatable bonds is 2. The van der Waals surface area contributed by atoms with Gasteiger partial charge in [-0.2, -0.15) is 0 Å². The third kappa shape index (κ3) is 1.93. The van der Waals surface area contributed by atoms with Gasteiger partial charge in [0.1, 0.15) is 6.10 Å². The summed E-state index contributed by atoms with van der Waals surface area (Å²) in [5, 5.41) is 12.7. The number of esters is 1. The maximum atomic E-state index is 12.5. The first-order valence-electron chi connectivity index (χ1n) is 6.64. The lowest BCUT2D eigenvalue weighted by molar-refractivity contribution is -0.150. The summed E-state index contributed by atoms with van der Waals surface area (Å²) in [4.78, 5) is 15.4. The molecule has 3 heterocycles. The first-order valence-corrected chi connectivity index (χ1v) is 8.68. The molecule has 1 aromatic rings. The quantitative estimate of drug-likeness (QED) is 0.850. The Morgan fingerprint density at radius 2 is 2.30 bits per heavy atom. The molecule has 3 unspecified atom stereocenters. The third-order valence-corrected chi connectivity index (χ3v) is 5.96. The second kappa shape index (κ2) is 4.73. The lowest BCUT2D eigenvalue weighted by atomic mass is 9.89. The van der Waals surface area contributed by atoms with Crippen LogP contribution in [0.1, 0.15) is 31.8 Å². The van der Waals surface area contributed by atoms with Crippen molar-refractivity contribution in [2.75, 3.05) is 11.6 Å². The number of carbonyl (C=O) groups is 1. The van der Waals surface area contributed by atoms with E-state index in [1.165, 1.54) is 11.3 Å². The maximum Gasteiger partial charge on any atom is 0.332 e. The van der Waals surface area contributed by atoms with Crippen LogP contribution in [0.4, 0.5) is 0 Å². The fourth-order valence-corrected chi connectivity index (χ4v) is 5.09. The molecule has 0 radical (unpaired) electrons. The van der Waals surface area contributed by atoms with Crippen molar-refractivity contribution in [3.05, 3.63) is 22.4 Å². The van der Waals surface area contributed by atoms with Crippen molar-refractivity contribution in [2.45, 2.75) is 38.6 Å². The SMILES string of the molecule is CC(C)(C)C1OC(=O)C2(C(O)c3cccs3)CSCN12. The summed E-state index contributed by atoms with van der Waals surface area (Å²) in [5.74, 6) is 1.01. The fraction of sp³-hybridized carbons (Fsp3) is 0.643. The van der Waals surface area contributed by atoms with E-state index in [9.17, 15) is 9.90 Å². The highest BCUT2D eigenvalue weighted by molar-refractivity contribution is 7.99. The van der Waals surface area contributed by atoms with Gasteiger partial charge < -0.3 is 9.84 Å². The summed E-state index contributed by atoms with van der Waals surface area (Å²) >= 11 is 3.16. The van der Waals surface area contributed by atoms with E-state index in [4.69, 9.17) is 4.74 Å². The van der Waals surface area contributed by atoms with Crippen LogP contribution in [-0.4, -0.2) is 39.4 Å². The van der Waals surface area contributed by atoms with Crippen LogP contribution in [0.25, 0.3) is 0 Å². The molecule has 2 aliphatic rings. The van der Waals surface area contributed by atoms with Gasteiger partial charge in [-0.05, 0) is 11.4 Å². The minimum absolute atomic E-state index is 0.169. The minimum Gasteiger partial charge on any atom is -0.444 e. The Morgan fingerprint density at radius 3 is 2.90 bits per heavy atom. The molecule has 110 valence electrons. The fourth-order valence-electron chi connectivity index (χ4n) is 2.89. The number of nitrogens with zero attached hydrogens (tertiary/aromatic N) is 1. The molecular weight excluding hydrogens is 294 g/mol. The number of thiophene rings is 1. The molecule has 0 amide bonds. The lowest BCUT2D eigenvalue weighted by Gasteiger charge is -2.36. The molecule has 0 saturated carbocycles. The summed E-state index contributed by atoms with van der Waals surface area (Å²) in [5.41, 5.74) is -1.09. The zero-order valence-electron chi connectivity index (χ0n) is 11.8. The average Bonchev–Trinajstić information content (AvgIpc) is 3.04. The number of thioether (sulfide) groups is 1. The Balaban J connectivity index is 2.00. The first kappa shape index (κ1) is 14.4. The molecule has 4 nitrogen and oxygen atoms in total. The van der Waals surface area contributed by atoms with Crippen molar-refractivity contribution < 1.29 is 14.6 Å². The number of cyclic esters (lactones) is 1. The van der Waals surface area contributed by atoms with Gasteiger partial charge in [-0.25, -0.2) is 9.69 Å². The molecule has 0 spiro atoms. The number of aliphatic hydroxyl groups excluding tert-OH is 1. The molecule has 20 heavy (non-hydrogen) atoms. The van der Waals surface area contributed by atoms with Crippen molar-refractivity contribution in [1.29, 1.82) is 0 Å². The zero-order valence-corrected chi connectivity index (χ0v) is 13.5. The van der Waals surface area contributed by atoms with E-state index < -0.39 is 11.6 Å². The van der Waals surface area contributed by atoms with Crippen molar-refractivity contribution >= 4 is 29.1 Å². The van der Waals surface area contributed by atoms with Crippen molar-refractivity contribution in [1.82, 2.24) is 4.90 Å². The van der Waals surface area contributed by atoms with E-state index in [2.05, 4.69) is 20.8 Å². The Bertz CT molecular complexity index is 511. The van der Waals surface area contributed by atoms with Crippen LogP contribution in [0.2, 0.25) is 0 Å². The standard InChI is InChI=1S/C14H19NO3S2/c1-13(2,3)11-15-8-19-7-14(15,12(17)18-11)10(16)9-5-4-6-20-9/h4-6,10-11,16H,7-8H2,1-3H3. The van der Waals surface area contributed by atoms with Crippen LogP contribution in [0.15, 0.2) is 17.5 Å². The molecule has 0 bridgehead atoms. The Kier molecular flexibility index (Phi) is 3.40. The number of hydrogen-bond acceptors (Lipinski definition) is 6. The van der Waals surface area contributed by atoms with E-state index in [0.29, 0.717) is 5.75 Å². The third-order valence-electron chi connectivity index (χ3n) is 3.93. The predicted octanol–water partition coefficient (Wildman–Crippen LogP) is 2.46. The van der Waals surface area contributed by atoms with E-state index in [1.807, 2.05) is 22.4 Å². The molecule has 0 aliphatic carbocycles. The minimum atomic E-state index is -0.923. The molecular formula is C14H19NO3S2. The second-order valence-electron chi connectivity index (χ2n) is 6.41. The van der Waals surface area contributed by atoms with Crippen LogP contribution in [-0.2, 0) is 9.53 Å². The van der Waals surface area contributed by atoms with E-state index in [-0.39, 0.29) is 17.6 Å². The topological polar surface area (TPSA) is 49.8 Å². The summed E-state index contributed by atoms with van der Waals surface area (Å²) in [6.07, 6.45) is -1.10. The molecule has 2 saturated heterocycles. The van der Waals surface area contributed by atoms with Gasteiger partial charge in [0.15, 0.2) is 11.8 Å². The van der Waals surface area contributed by atoms with Gasteiger partial charge >= 0.3 is 5.97 Å². The average molecular weight is 313 g/mol. The van der Waals surface area contributed by atoms with Gasteiger partial charge in [-0.1, -0.05) is 26.8 Å². The van der Waals surface area contributed by atoms with Crippen molar-refractivity contribution in [2.24, 2.45) is 5.41 Å². The van der Waals surface area contributed by atoms with E-state index in [1.54, 1.807) is 11.8 Å². The molecule has 0 aromatic carbocycles. The Labute approximate surface area is 127 Å². The first-order chi connectivity index (χ1) is 9.37. The van der Waals surface area contributed by atoms with Gasteiger partial charge in [-0.15, -0.1) is 23.1 Å². The summed E-state index contributed by atoms with van der Waals surface area (Å²) in [6.45, 7) is 6.17. The summed E-state index contributed by atoms with van der Waals surface area (Å²) in [7, 11) is 0. The van der Waals surface area contributed by atoms with Crippen molar-refractivity contribution in [3.63, 3.8) is 0 Å². The van der Waals surface area contributed by atoms with E-state index >= 15 is 0 Å². The van der Waals surface area contributed by atoms with Crippen LogP contribution in [0, 0.1) is 5.41 Å². The van der Waals surface area contributed by atoms with Crippen molar-refractivity contribution in [3.8, 4) is 0 Å². The number of ether oxygens (including phenoxy) is 1. The van der Waals surface area contributed by atoms with Crippen LogP contribution in [0.5, 0.6) is 0 Å². The smallest absolute Gasteiger partial charge is 0.332 e. The van der Waals surface area contributed by atoms with E-state index in [0.717, 1.165) is 10.8 Å². The molecule has 2 fully saturated rings. The number of aliphatic hydroxyl groups is 1. The second-order valence-corrected chi connectivity index (χ2v) is 8.35. The highest BCUT2D eigenvalue weighted by Gasteiger charge is 2.64. The maximum absolute atomic E-state index is 12.5. The molecule has 1 aromatic heterocycles. The number of carbonyl (C=O) groups excluding carboxylic acids is 1. The highest BCUT2D eigenvalue weighted by atomic mass is 32.2. The van der Waals surface area contributed by atoms with Gasteiger partial charge in [-0.3, -0.25) is 0 Å². The normalized spacial score (nSPS) is 32.2. The lowest BCUT2D eigenvalue weighted by Crippen LogP contribution is -2.54. The Morgan fingerprint density at radius 1 is 1.55 bits per heavy atom. The molecule has 3 atom stereocenters. The predicted molar refractivity (Wildman–Crippen MR) is 80.5 cm³/mol. The monoisotopic (exact) mass is 313 g/mol. The molecule has 2 aliphatic heterocycles. The van der Waals surface area contributed by atoms with Crippen LogP contribution >= 0.6 is 23.1 Å². The molecule has 6 heteroatoms. The summed E-state index contributed by atoms with van der Waals surface area (Å²) in [6, 6.07) is 3.77. The Hall–Kier alpha value is -0.560. The number of fused-ring (bicyclic) bond motifs is 1. The highest BCUT2D eigenvalue weighted by Crippen LogP contribution is 2.50.